The standard InChI is InChI=1S/C15H15ClN2O2/c16-14-11-7-4-8-12(15(19)20)18(11)13(17-14)9-10-5-2-1-3-6-10/h1-3,5-6,12H,4,7-9H2,(H,19,20). The number of hydrogen-bond acceptors (Lipinski definition) is 2. The van der Waals surface area contributed by atoms with Gasteiger partial charge in [0.05, 0.1) is 5.69 Å². The number of benzene rings is 1. The van der Waals surface area contributed by atoms with Gasteiger partial charge in [-0.3, -0.25) is 0 Å². The molecule has 1 aromatic heterocycles. The third-order valence-corrected chi connectivity index (χ3v) is 4.03. The van der Waals surface area contributed by atoms with E-state index < -0.39 is 12.0 Å². The zero-order valence-corrected chi connectivity index (χ0v) is 11.7. The first-order chi connectivity index (χ1) is 9.66. The highest BCUT2D eigenvalue weighted by atomic mass is 35.5. The van der Waals surface area contributed by atoms with Crippen molar-refractivity contribution in [2.24, 2.45) is 0 Å². The van der Waals surface area contributed by atoms with Crippen molar-refractivity contribution in [3.63, 3.8) is 0 Å². The summed E-state index contributed by atoms with van der Waals surface area (Å²) in [6.07, 6.45) is 2.87. The van der Waals surface area contributed by atoms with Crippen molar-refractivity contribution in [2.75, 3.05) is 0 Å². The molecule has 1 unspecified atom stereocenters. The van der Waals surface area contributed by atoms with Crippen molar-refractivity contribution >= 4 is 17.6 Å². The van der Waals surface area contributed by atoms with E-state index in [-0.39, 0.29) is 0 Å². The lowest BCUT2D eigenvalue weighted by molar-refractivity contribution is -0.141. The van der Waals surface area contributed by atoms with Crippen LogP contribution in [0.3, 0.4) is 0 Å². The van der Waals surface area contributed by atoms with Gasteiger partial charge in [0, 0.05) is 6.42 Å². The first kappa shape index (κ1) is 13.2. The van der Waals surface area contributed by atoms with E-state index in [1.165, 1.54) is 0 Å². The van der Waals surface area contributed by atoms with Crippen LogP contribution >= 0.6 is 11.6 Å². The summed E-state index contributed by atoms with van der Waals surface area (Å²) in [7, 11) is 0. The Hall–Kier alpha value is -1.81. The fraction of sp³-hybridized carbons (Fsp3) is 0.333. The minimum absolute atomic E-state index is 0.446. The molecular formula is C15H15ClN2O2. The Morgan fingerprint density at radius 2 is 2.15 bits per heavy atom. The number of rotatable bonds is 3. The van der Waals surface area contributed by atoms with Crippen LogP contribution in [0.1, 0.15) is 36.0 Å². The minimum atomic E-state index is -0.811. The molecule has 1 aliphatic rings. The molecule has 0 bridgehead atoms. The van der Waals surface area contributed by atoms with E-state index in [1.807, 2.05) is 34.9 Å². The number of carboxylic acids is 1. The Morgan fingerprint density at radius 3 is 2.85 bits per heavy atom. The molecule has 5 heteroatoms. The Labute approximate surface area is 122 Å². The fourth-order valence-electron chi connectivity index (χ4n) is 2.81. The summed E-state index contributed by atoms with van der Waals surface area (Å²) in [6, 6.07) is 9.36. The molecule has 1 aliphatic heterocycles. The van der Waals surface area contributed by atoms with Crippen LogP contribution in [0.25, 0.3) is 0 Å². The zero-order chi connectivity index (χ0) is 14.1. The number of aromatic nitrogens is 2. The molecule has 1 N–H and O–H groups in total. The molecule has 0 amide bonds. The molecule has 0 radical (unpaired) electrons. The number of carbonyl (C=O) groups is 1. The lowest BCUT2D eigenvalue weighted by Gasteiger charge is -2.24. The van der Waals surface area contributed by atoms with Gasteiger partial charge in [-0.05, 0) is 24.8 Å². The zero-order valence-electron chi connectivity index (χ0n) is 10.9. The number of fused-ring (bicyclic) bond motifs is 1. The van der Waals surface area contributed by atoms with E-state index >= 15 is 0 Å². The molecule has 2 aromatic rings. The third-order valence-electron chi connectivity index (χ3n) is 3.73. The average molecular weight is 291 g/mol. The first-order valence-electron chi connectivity index (χ1n) is 6.69. The molecule has 0 spiro atoms. The van der Waals surface area contributed by atoms with Gasteiger partial charge >= 0.3 is 5.97 Å². The number of aliphatic carboxylic acids is 1. The van der Waals surface area contributed by atoms with Gasteiger partial charge in [-0.25, -0.2) is 9.78 Å². The summed E-state index contributed by atoms with van der Waals surface area (Å²) in [4.78, 5) is 15.8. The van der Waals surface area contributed by atoms with Gasteiger partial charge in [0.2, 0.25) is 0 Å². The fourth-order valence-corrected chi connectivity index (χ4v) is 3.09. The van der Waals surface area contributed by atoms with Crippen LogP contribution in [0, 0.1) is 0 Å². The number of hydrogen-bond donors (Lipinski definition) is 1. The van der Waals surface area contributed by atoms with Crippen LogP contribution in [0.5, 0.6) is 0 Å². The van der Waals surface area contributed by atoms with E-state index in [4.69, 9.17) is 11.6 Å². The maximum atomic E-state index is 11.4. The lowest BCUT2D eigenvalue weighted by atomic mass is 10.0. The quantitative estimate of drug-likeness (QED) is 0.945. The van der Waals surface area contributed by atoms with Crippen LogP contribution in [-0.2, 0) is 17.6 Å². The van der Waals surface area contributed by atoms with Gasteiger partial charge < -0.3 is 9.67 Å². The van der Waals surface area contributed by atoms with Crippen LogP contribution in [-0.4, -0.2) is 20.6 Å². The second kappa shape index (κ2) is 5.29. The molecule has 104 valence electrons. The highest BCUT2D eigenvalue weighted by Crippen LogP contribution is 2.32. The summed E-state index contributed by atoms with van der Waals surface area (Å²) in [5, 5.41) is 9.84. The monoisotopic (exact) mass is 290 g/mol. The van der Waals surface area contributed by atoms with Crippen LogP contribution in [0.4, 0.5) is 0 Å². The Kier molecular flexibility index (Phi) is 3.49. The van der Waals surface area contributed by atoms with E-state index in [0.29, 0.717) is 18.0 Å². The van der Waals surface area contributed by atoms with Crippen LogP contribution in [0.2, 0.25) is 5.15 Å². The van der Waals surface area contributed by atoms with Crippen molar-refractivity contribution in [1.82, 2.24) is 9.55 Å². The molecule has 0 fully saturated rings. The van der Waals surface area contributed by atoms with Gasteiger partial charge in [0.25, 0.3) is 0 Å². The first-order valence-corrected chi connectivity index (χ1v) is 7.07. The van der Waals surface area contributed by atoms with Gasteiger partial charge in [-0.2, -0.15) is 0 Å². The summed E-state index contributed by atoms with van der Waals surface area (Å²) in [5.74, 6) is -0.0716. The number of halogens is 1. The maximum absolute atomic E-state index is 11.4. The molecule has 0 aliphatic carbocycles. The molecule has 20 heavy (non-hydrogen) atoms. The second-order valence-corrected chi connectivity index (χ2v) is 5.40. The third kappa shape index (κ3) is 2.31. The number of carboxylic acid groups (broad SMARTS) is 1. The van der Waals surface area contributed by atoms with Crippen molar-refractivity contribution in [3.05, 3.63) is 52.6 Å². The van der Waals surface area contributed by atoms with Crippen LogP contribution in [0.15, 0.2) is 30.3 Å². The Bertz CT molecular complexity index is 637. The highest BCUT2D eigenvalue weighted by molar-refractivity contribution is 6.30. The SMILES string of the molecule is O=C(O)C1CCCc2c(Cl)nc(Cc3ccccc3)n21. The smallest absolute Gasteiger partial charge is 0.326 e. The molecule has 0 saturated carbocycles. The second-order valence-electron chi connectivity index (χ2n) is 5.04. The van der Waals surface area contributed by atoms with Crippen molar-refractivity contribution in [3.8, 4) is 0 Å². The van der Waals surface area contributed by atoms with E-state index in [1.54, 1.807) is 0 Å². The Balaban J connectivity index is 2.02. The van der Waals surface area contributed by atoms with Crippen LogP contribution < -0.4 is 0 Å². The van der Waals surface area contributed by atoms with Gasteiger partial charge in [0.1, 0.15) is 11.9 Å². The minimum Gasteiger partial charge on any atom is -0.480 e. The predicted octanol–water partition coefficient (Wildman–Crippen LogP) is 3.09. The van der Waals surface area contributed by atoms with Crippen molar-refractivity contribution < 1.29 is 9.90 Å². The summed E-state index contributed by atoms with van der Waals surface area (Å²) < 4.78 is 1.82. The maximum Gasteiger partial charge on any atom is 0.326 e. The topological polar surface area (TPSA) is 55.1 Å². The molecule has 4 nitrogen and oxygen atoms in total. The van der Waals surface area contributed by atoms with Crippen molar-refractivity contribution in [2.45, 2.75) is 31.7 Å². The number of imidazole rings is 1. The lowest BCUT2D eigenvalue weighted by Crippen LogP contribution is -2.26. The summed E-state index contributed by atoms with van der Waals surface area (Å²) in [6.45, 7) is 0. The molecular weight excluding hydrogens is 276 g/mol. The average Bonchev–Trinajstić information content (AvgIpc) is 2.77. The molecule has 3 rings (SSSR count). The molecule has 1 atom stereocenters. The molecule has 0 saturated heterocycles. The number of nitrogens with zero attached hydrogens (tertiary/aromatic N) is 2. The predicted molar refractivity (Wildman–Crippen MR) is 76.1 cm³/mol. The summed E-state index contributed by atoms with van der Waals surface area (Å²) >= 11 is 6.17. The van der Waals surface area contributed by atoms with Gasteiger partial charge in [0.15, 0.2) is 5.15 Å². The summed E-state index contributed by atoms with van der Waals surface area (Å²) in [5.41, 5.74) is 1.96. The normalized spacial score (nSPS) is 17.8. The molecule has 1 aromatic carbocycles. The van der Waals surface area contributed by atoms with Gasteiger partial charge in [-0.1, -0.05) is 41.9 Å². The van der Waals surface area contributed by atoms with E-state index in [2.05, 4.69) is 4.98 Å². The van der Waals surface area contributed by atoms with Crippen molar-refractivity contribution in [1.29, 1.82) is 0 Å². The largest absolute Gasteiger partial charge is 0.480 e. The Morgan fingerprint density at radius 1 is 1.40 bits per heavy atom. The van der Waals surface area contributed by atoms with E-state index in [0.717, 1.165) is 29.9 Å². The van der Waals surface area contributed by atoms with Gasteiger partial charge in [-0.15, -0.1) is 0 Å². The highest BCUT2D eigenvalue weighted by Gasteiger charge is 2.30. The molecule has 2 heterocycles. The van der Waals surface area contributed by atoms with E-state index in [9.17, 15) is 9.90 Å².